The largest absolute Gasteiger partial charge is 0.507 e. The van der Waals surface area contributed by atoms with Gasteiger partial charge in [-0.1, -0.05) is 18.2 Å². The van der Waals surface area contributed by atoms with Crippen LogP contribution < -0.4 is 20.1 Å². The molecule has 3 aromatic carbocycles. The van der Waals surface area contributed by atoms with Crippen LogP contribution >= 0.6 is 12.4 Å². The summed E-state index contributed by atoms with van der Waals surface area (Å²) in [5, 5.41) is 26.1. The van der Waals surface area contributed by atoms with Crippen molar-refractivity contribution in [2.45, 2.75) is 25.0 Å². The Hall–Kier alpha value is -4.35. The number of hydrogen-bond acceptors (Lipinski definition) is 9. The third-order valence-electron chi connectivity index (χ3n) is 6.57. The van der Waals surface area contributed by atoms with Gasteiger partial charge in [0.25, 0.3) is 5.91 Å². The Balaban J connectivity index is 0.00000462. The molecule has 1 aliphatic rings. The van der Waals surface area contributed by atoms with E-state index >= 15 is 0 Å². The Morgan fingerprint density at radius 3 is 2.20 bits per heavy atom. The first-order valence-electron chi connectivity index (χ1n) is 12.5. The number of nitrogens with one attached hydrogen (secondary N) is 2. The van der Waals surface area contributed by atoms with Crippen molar-refractivity contribution < 1.29 is 43.2 Å². The second-order valence-corrected chi connectivity index (χ2v) is 9.14. The third kappa shape index (κ3) is 7.05. The molecule has 3 aromatic rings. The van der Waals surface area contributed by atoms with E-state index in [1.165, 1.54) is 62.8 Å². The molecule has 1 aliphatic heterocycles. The fourth-order valence-corrected chi connectivity index (χ4v) is 4.42. The van der Waals surface area contributed by atoms with Crippen LogP contribution in [0.4, 0.5) is 4.39 Å². The molecule has 0 spiro atoms. The average Bonchev–Trinajstić information content (AvgIpc) is 3.17. The van der Waals surface area contributed by atoms with Gasteiger partial charge in [-0.3, -0.25) is 9.59 Å². The second kappa shape index (κ2) is 13.8. The van der Waals surface area contributed by atoms with Crippen LogP contribution in [0.2, 0.25) is 0 Å². The van der Waals surface area contributed by atoms with E-state index in [-0.39, 0.29) is 46.3 Å². The smallest absolute Gasteiger partial charge is 0.338 e. The van der Waals surface area contributed by atoms with Crippen LogP contribution in [0.3, 0.4) is 0 Å². The highest BCUT2D eigenvalue weighted by Crippen LogP contribution is 2.37. The maximum Gasteiger partial charge on any atom is 0.338 e. The van der Waals surface area contributed by atoms with Crippen molar-refractivity contribution in [3.05, 3.63) is 82.7 Å². The van der Waals surface area contributed by atoms with Crippen LogP contribution in [0, 0.1) is 5.82 Å². The average molecular weight is 589 g/mol. The van der Waals surface area contributed by atoms with E-state index < -0.39 is 46.9 Å². The zero-order chi connectivity index (χ0) is 28.8. The molecule has 1 heterocycles. The summed E-state index contributed by atoms with van der Waals surface area (Å²) in [4.78, 5) is 38.8. The van der Waals surface area contributed by atoms with Crippen LogP contribution in [0.5, 0.6) is 23.0 Å². The summed E-state index contributed by atoms with van der Waals surface area (Å²) in [6.07, 6.45) is 0.517. The highest BCUT2D eigenvalue weighted by molar-refractivity contribution is 6.11. The quantitative estimate of drug-likeness (QED) is 0.229. The molecule has 1 fully saturated rings. The second-order valence-electron chi connectivity index (χ2n) is 9.14. The van der Waals surface area contributed by atoms with Gasteiger partial charge in [0, 0.05) is 17.7 Å². The first-order chi connectivity index (χ1) is 19.2. The van der Waals surface area contributed by atoms with Crippen molar-refractivity contribution in [2.75, 3.05) is 27.3 Å². The minimum Gasteiger partial charge on any atom is -0.507 e. The predicted molar refractivity (Wildman–Crippen MR) is 149 cm³/mol. The van der Waals surface area contributed by atoms with Gasteiger partial charge in [-0.15, -0.1) is 12.4 Å². The van der Waals surface area contributed by atoms with Gasteiger partial charge in [0.2, 0.25) is 5.75 Å². The molecule has 0 bridgehead atoms. The number of esters is 1. The molecule has 12 heteroatoms. The fourth-order valence-electron chi connectivity index (χ4n) is 4.42. The van der Waals surface area contributed by atoms with E-state index in [9.17, 15) is 29.0 Å². The number of amides is 1. The lowest BCUT2D eigenvalue weighted by molar-refractivity contribution is 0.0192. The molecule has 1 amide bonds. The fraction of sp³-hybridized carbons (Fsp3) is 0.276. The maximum atomic E-state index is 14.1. The SMILES string of the molecule is COc1cc(C(=O)N[C@@H]2CNCCC[C@H]2OC(=O)c2ccc(C(=O)c3c(O)cccc3F)cc2)cc(OC)c1O.Cl. The lowest BCUT2D eigenvalue weighted by Gasteiger charge is -2.26. The number of phenolic OH excluding ortho intramolecular Hbond substituents is 2. The number of halogens is 2. The van der Waals surface area contributed by atoms with Gasteiger partial charge in [-0.2, -0.15) is 0 Å². The monoisotopic (exact) mass is 588 g/mol. The predicted octanol–water partition coefficient (Wildman–Crippen LogP) is 3.61. The number of carbonyl (C=O) groups excluding carboxylic acids is 3. The summed E-state index contributed by atoms with van der Waals surface area (Å²) >= 11 is 0. The van der Waals surface area contributed by atoms with Crippen LogP contribution in [-0.2, 0) is 4.74 Å². The number of carbonyl (C=O) groups is 3. The van der Waals surface area contributed by atoms with Gasteiger partial charge in [-0.25, -0.2) is 9.18 Å². The number of phenols is 2. The van der Waals surface area contributed by atoms with Crippen LogP contribution in [0.1, 0.15) is 49.5 Å². The van der Waals surface area contributed by atoms with Crippen LogP contribution in [0.15, 0.2) is 54.6 Å². The first kappa shape index (κ1) is 31.2. The molecule has 4 N–H and O–H groups in total. The van der Waals surface area contributed by atoms with Crippen LogP contribution in [-0.4, -0.2) is 67.3 Å². The molecule has 218 valence electrons. The summed E-state index contributed by atoms with van der Waals surface area (Å²) in [5.41, 5.74) is -0.0293. The molecule has 41 heavy (non-hydrogen) atoms. The van der Waals surface area contributed by atoms with Gasteiger partial charge < -0.3 is 35.1 Å². The highest BCUT2D eigenvalue weighted by atomic mass is 35.5. The van der Waals surface area contributed by atoms with Crippen molar-refractivity contribution in [3.8, 4) is 23.0 Å². The van der Waals surface area contributed by atoms with Crippen molar-refractivity contribution in [1.29, 1.82) is 0 Å². The minimum absolute atomic E-state index is 0. The Labute approximate surface area is 241 Å². The molecule has 10 nitrogen and oxygen atoms in total. The Morgan fingerprint density at radius 2 is 1.59 bits per heavy atom. The van der Waals surface area contributed by atoms with Crippen molar-refractivity contribution in [1.82, 2.24) is 10.6 Å². The topological polar surface area (TPSA) is 143 Å². The third-order valence-corrected chi connectivity index (χ3v) is 6.57. The van der Waals surface area contributed by atoms with Crippen LogP contribution in [0.25, 0.3) is 0 Å². The van der Waals surface area contributed by atoms with Crippen molar-refractivity contribution >= 4 is 30.1 Å². The molecule has 0 radical (unpaired) electrons. The Morgan fingerprint density at radius 1 is 0.951 bits per heavy atom. The highest BCUT2D eigenvalue weighted by Gasteiger charge is 2.30. The van der Waals surface area contributed by atoms with Crippen molar-refractivity contribution in [2.24, 2.45) is 0 Å². The Bertz CT molecular complexity index is 1370. The van der Waals surface area contributed by atoms with Gasteiger partial charge >= 0.3 is 5.97 Å². The van der Waals surface area contributed by atoms with Gasteiger partial charge in [0.1, 0.15) is 17.7 Å². The number of aromatic hydroxyl groups is 2. The van der Waals surface area contributed by atoms with E-state index in [2.05, 4.69) is 10.6 Å². The summed E-state index contributed by atoms with van der Waals surface area (Å²) in [6.45, 7) is 1.01. The molecule has 0 unspecified atom stereocenters. The standard InChI is InChI=1S/C29H29FN2O8.ClH/c1-38-23-13-18(14-24(39-2)27(23)35)28(36)32-20-15-31-12-4-7-22(20)40-29(37)17-10-8-16(9-11-17)26(34)25-19(30)5-3-6-21(25)33;/h3,5-6,8-11,13-14,20,22,31,33,35H,4,7,12,15H2,1-2H3,(H,32,36);1H/t20-,22-;/m1./s1. The summed E-state index contributed by atoms with van der Waals surface area (Å²) < 4.78 is 30.1. The lowest BCUT2D eigenvalue weighted by Crippen LogP contribution is -2.49. The van der Waals surface area contributed by atoms with Gasteiger partial charge in [-0.05, 0) is 55.8 Å². The van der Waals surface area contributed by atoms with Crippen molar-refractivity contribution in [3.63, 3.8) is 0 Å². The normalized spacial score (nSPS) is 16.5. The van der Waals surface area contributed by atoms with E-state index in [0.29, 0.717) is 25.9 Å². The number of benzene rings is 3. The lowest BCUT2D eigenvalue weighted by atomic mass is 10.0. The van der Waals surface area contributed by atoms with Gasteiger partial charge in [0.05, 0.1) is 31.4 Å². The molecular formula is C29H30ClFN2O8. The van der Waals surface area contributed by atoms with E-state index in [4.69, 9.17) is 14.2 Å². The van der Waals surface area contributed by atoms with E-state index in [0.717, 1.165) is 6.07 Å². The molecule has 0 saturated carbocycles. The van der Waals surface area contributed by atoms with Gasteiger partial charge in [0.15, 0.2) is 17.3 Å². The summed E-state index contributed by atoms with van der Waals surface area (Å²) in [5.74, 6) is -3.30. The molecule has 0 aromatic heterocycles. The zero-order valence-corrected chi connectivity index (χ0v) is 23.1. The molecular weight excluding hydrogens is 559 g/mol. The molecule has 2 atom stereocenters. The number of ketones is 1. The van der Waals surface area contributed by atoms with E-state index in [1.54, 1.807) is 0 Å². The molecule has 1 saturated heterocycles. The minimum atomic E-state index is -0.854. The first-order valence-corrected chi connectivity index (χ1v) is 12.5. The van der Waals surface area contributed by atoms with E-state index in [1.807, 2.05) is 0 Å². The zero-order valence-electron chi connectivity index (χ0n) is 22.3. The maximum absolute atomic E-state index is 14.1. The molecule has 0 aliphatic carbocycles. The summed E-state index contributed by atoms with van der Waals surface area (Å²) in [7, 11) is 2.71. The number of ether oxygens (including phenoxy) is 3. The summed E-state index contributed by atoms with van der Waals surface area (Å²) in [6, 6.07) is 11.2. The number of rotatable bonds is 8. The Kier molecular flexibility index (Phi) is 10.5. The molecule has 4 rings (SSSR count). The number of methoxy groups -OCH3 is 2. The number of hydrogen-bond donors (Lipinski definition) is 4.